The topological polar surface area (TPSA) is 131 Å². The number of rotatable bonds is 10. The molecule has 0 unspecified atom stereocenters. The molecular weight excluding hydrogens is 416 g/mol. The number of aromatic hydroxyl groups is 1. The monoisotopic (exact) mass is 434 g/mol. The Bertz CT molecular complexity index is 1030. The van der Waals surface area contributed by atoms with Crippen molar-refractivity contribution in [1.82, 2.24) is 4.47 Å². The Labute approximate surface area is 165 Å². The molecule has 2 rings (SSSR count). The Morgan fingerprint density at radius 2 is 1.89 bits per heavy atom. The molecule has 0 aliphatic heterocycles. The van der Waals surface area contributed by atoms with Crippen LogP contribution in [-0.2, 0) is 19.6 Å². The molecule has 28 heavy (non-hydrogen) atoms. The molecule has 0 heterocycles. The van der Waals surface area contributed by atoms with Gasteiger partial charge in [-0.05, 0) is 19.1 Å². The summed E-state index contributed by atoms with van der Waals surface area (Å²) in [6.45, 7) is 1.87. The van der Waals surface area contributed by atoms with Gasteiger partial charge in [-0.15, -0.1) is 0 Å². The lowest BCUT2D eigenvalue weighted by Gasteiger charge is -2.20. The van der Waals surface area contributed by atoms with Gasteiger partial charge in [-0.25, -0.2) is 8.42 Å². The molecule has 2 N–H and O–H groups in total. The first-order valence-corrected chi connectivity index (χ1v) is 9.83. The standard InChI is InChI=1S/C16H19ClN2O8S/c1-4-26-15-11(13(21)14(15)22)18-10-6-5-9(17)16(12(10)20)28(23,24)19(2)27-8-7-25-3/h5-6,18,20H,4,7-8H2,1-3H3. The van der Waals surface area contributed by atoms with Crippen LogP contribution in [0.5, 0.6) is 11.5 Å². The molecule has 0 bridgehead atoms. The van der Waals surface area contributed by atoms with Crippen molar-refractivity contribution in [3.63, 3.8) is 0 Å². The van der Waals surface area contributed by atoms with E-state index in [1.54, 1.807) is 6.92 Å². The van der Waals surface area contributed by atoms with Gasteiger partial charge in [0.05, 0.1) is 30.5 Å². The molecular formula is C16H19ClN2O8S. The second-order valence-electron chi connectivity index (χ2n) is 5.43. The SMILES string of the molecule is CCOc1c(Nc2ccc(Cl)c(S(=O)(=O)N(C)OCCOC)c2O)c(=O)c1=O. The van der Waals surface area contributed by atoms with Gasteiger partial charge in [0, 0.05) is 14.2 Å². The van der Waals surface area contributed by atoms with Crippen LogP contribution in [0.3, 0.4) is 0 Å². The molecule has 0 aliphatic rings. The van der Waals surface area contributed by atoms with E-state index < -0.39 is 31.5 Å². The molecule has 0 fully saturated rings. The van der Waals surface area contributed by atoms with Crippen LogP contribution in [0.25, 0.3) is 0 Å². The lowest BCUT2D eigenvalue weighted by molar-refractivity contribution is -0.0816. The van der Waals surface area contributed by atoms with Crippen LogP contribution < -0.4 is 20.9 Å². The second-order valence-corrected chi connectivity index (χ2v) is 7.71. The van der Waals surface area contributed by atoms with Crippen molar-refractivity contribution in [2.24, 2.45) is 0 Å². The molecule has 0 radical (unpaired) electrons. The molecule has 154 valence electrons. The van der Waals surface area contributed by atoms with Crippen LogP contribution in [-0.4, -0.2) is 52.0 Å². The highest BCUT2D eigenvalue weighted by molar-refractivity contribution is 7.89. The fourth-order valence-electron chi connectivity index (χ4n) is 2.24. The number of hydrogen-bond acceptors (Lipinski definition) is 9. The number of phenols is 1. The van der Waals surface area contributed by atoms with E-state index in [4.69, 9.17) is 25.9 Å². The van der Waals surface area contributed by atoms with Gasteiger partial charge >= 0.3 is 0 Å². The third-order valence-electron chi connectivity index (χ3n) is 3.66. The highest BCUT2D eigenvalue weighted by Gasteiger charge is 2.31. The molecule has 0 aromatic heterocycles. The minimum Gasteiger partial charge on any atom is -0.504 e. The van der Waals surface area contributed by atoms with Crippen molar-refractivity contribution in [3.05, 3.63) is 37.6 Å². The number of phenolic OH excluding ortho intramolecular Hbond substituents is 1. The normalized spacial score (nSPS) is 11.9. The summed E-state index contributed by atoms with van der Waals surface area (Å²) in [6, 6.07) is 2.47. The van der Waals surface area contributed by atoms with Crippen LogP contribution in [0.15, 0.2) is 26.6 Å². The van der Waals surface area contributed by atoms with Crippen molar-refractivity contribution in [2.75, 3.05) is 39.3 Å². The number of halogens is 1. The zero-order valence-corrected chi connectivity index (χ0v) is 16.9. The largest absolute Gasteiger partial charge is 0.504 e. The first-order valence-electron chi connectivity index (χ1n) is 8.02. The fraction of sp³-hybridized carbons (Fsp3) is 0.375. The Hall–Kier alpha value is -2.18. The molecule has 2 aromatic carbocycles. The van der Waals surface area contributed by atoms with Gasteiger partial charge in [-0.1, -0.05) is 16.1 Å². The van der Waals surface area contributed by atoms with E-state index in [1.165, 1.54) is 19.2 Å². The third-order valence-corrected chi connectivity index (χ3v) is 5.79. The van der Waals surface area contributed by atoms with E-state index in [0.717, 1.165) is 7.05 Å². The van der Waals surface area contributed by atoms with Crippen molar-refractivity contribution < 1.29 is 27.8 Å². The fourth-order valence-corrected chi connectivity index (χ4v) is 3.83. The van der Waals surface area contributed by atoms with Gasteiger partial charge in [0.15, 0.2) is 11.5 Å². The van der Waals surface area contributed by atoms with Crippen LogP contribution in [0.2, 0.25) is 5.02 Å². The molecule has 0 saturated heterocycles. The van der Waals surface area contributed by atoms with E-state index in [1.807, 2.05) is 0 Å². The minimum absolute atomic E-state index is 0.0518. The number of anilines is 2. The molecule has 0 spiro atoms. The summed E-state index contributed by atoms with van der Waals surface area (Å²) in [5.74, 6) is -0.934. The lowest BCUT2D eigenvalue weighted by Crippen LogP contribution is -2.35. The number of nitrogens with one attached hydrogen (secondary N) is 1. The number of hydroxylamine groups is 1. The quantitative estimate of drug-likeness (QED) is 0.243. The summed E-state index contributed by atoms with van der Waals surface area (Å²) in [5, 5.41) is 12.7. The maximum atomic E-state index is 12.7. The summed E-state index contributed by atoms with van der Waals surface area (Å²) in [6.07, 6.45) is 0. The summed E-state index contributed by atoms with van der Waals surface area (Å²) in [7, 11) is -1.79. The van der Waals surface area contributed by atoms with E-state index in [-0.39, 0.29) is 42.0 Å². The minimum atomic E-state index is -4.34. The van der Waals surface area contributed by atoms with E-state index in [2.05, 4.69) is 5.32 Å². The van der Waals surface area contributed by atoms with Gasteiger partial charge in [0.1, 0.15) is 10.6 Å². The number of nitrogens with zero attached hydrogens (tertiary/aromatic N) is 1. The Morgan fingerprint density at radius 3 is 2.50 bits per heavy atom. The highest BCUT2D eigenvalue weighted by Crippen LogP contribution is 2.40. The molecule has 0 saturated carbocycles. The maximum Gasteiger partial charge on any atom is 0.272 e. The molecule has 10 nitrogen and oxygen atoms in total. The second kappa shape index (κ2) is 8.88. The van der Waals surface area contributed by atoms with Crippen molar-refractivity contribution in [3.8, 4) is 11.5 Å². The average Bonchev–Trinajstić information content (AvgIpc) is 2.65. The van der Waals surface area contributed by atoms with Gasteiger partial charge in [-0.3, -0.25) is 14.4 Å². The Kier molecular flexibility index (Phi) is 7.01. The molecule has 0 aliphatic carbocycles. The predicted molar refractivity (Wildman–Crippen MR) is 102 cm³/mol. The van der Waals surface area contributed by atoms with Crippen LogP contribution >= 0.6 is 11.6 Å². The highest BCUT2D eigenvalue weighted by atomic mass is 35.5. The van der Waals surface area contributed by atoms with Gasteiger partial charge in [0.2, 0.25) is 0 Å². The van der Waals surface area contributed by atoms with Crippen LogP contribution in [0, 0.1) is 0 Å². The zero-order valence-electron chi connectivity index (χ0n) is 15.3. The van der Waals surface area contributed by atoms with E-state index in [0.29, 0.717) is 4.47 Å². The molecule has 12 heteroatoms. The molecule has 0 amide bonds. The summed E-state index contributed by atoms with van der Waals surface area (Å²) < 4.78 is 35.8. The van der Waals surface area contributed by atoms with E-state index >= 15 is 0 Å². The summed E-state index contributed by atoms with van der Waals surface area (Å²) in [5.41, 5.74) is -1.99. The maximum absolute atomic E-state index is 12.7. The number of ether oxygens (including phenoxy) is 2. The summed E-state index contributed by atoms with van der Waals surface area (Å²) in [4.78, 5) is 27.7. The Balaban J connectivity index is 2.41. The summed E-state index contributed by atoms with van der Waals surface area (Å²) >= 11 is 5.97. The molecule has 2 aromatic rings. The smallest absolute Gasteiger partial charge is 0.272 e. The van der Waals surface area contributed by atoms with Crippen molar-refractivity contribution in [1.29, 1.82) is 0 Å². The number of hydrogen-bond donors (Lipinski definition) is 2. The lowest BCUT2D eigenvalue weighted by atomic mass is 10.2. The Morgan fingerprint density at radius 1 is 1.21 bits per heavy atom. The van der Waals surface area contributed by atoms with Gasteiger partial charge in [0.25, 0.3) is 20.9 Å². The average molecular weight is 435 g/mol. The zero-order chi connectivity index (χ0) is 21.1. The van der Waals surface area contributed by atoms with E-state index in [9.17, 15) is 23.1 Å². The first-order chi connectivity index (χ1) is 13.2. The number of benzene rings is 1. The van der Waals surface area contributed by atoms with Crippen molar-refractivity contribution >= 4 is 33.0 Å². The van der Waals surface area contributed by atoms with Gasteiger partial charge < -0.3 is 19.9 Å². The molecule has 0 atom stereocenters. The van der Waals surface area contributed by atoms with Crippen LogP contribution in [0.1, 0.15) is 6.92 Å². The predicted octanol–water partition coefficient (Wildman–Crippen LogP) is 0.982. The number of sulfonamides is 1. The van der Waals surface area contributed by atoms with Crippen molar-refractivity contribution in [2.45, 2.75) is 11.8 Å². The van der Waals surface area contributed by atoms with Crippen LogP contribution in [0.4, 0.5) is 11.4 Å². The first kappa shape index (κ1) is 22.1. The van der Waals surface area contributed by atoms with Gasteiger partial charge in [-0.2, -0.15) is 0 Å². The number of methoxy groups -OCH3 is 1. The third kappa shape index (κ3) is 4.13.